The maximum atomic E-state index is 12.2. The highest BCUT2D eigenvalue weighted by Gasteiger charge is 2.33. The van der Waals surface area contributed by atoms with Gasteiger partial charge in [-0.15, -0.1) is 0 Å². The number of amides is 1. The molecule has 0 spiro atoms. The van der Waals surface area contributed by atoms with Crippen LogP contribution in [0.3, 0.4) is 0 Å². The van der Waals surface area contributed by atoms with Gasteiger partial charge in [-0.3, -0.25) is 4.79 Å². The molecule has 4 nitrogen and oxygen atoms in total. The molecule has 0 aliphatic heterocycles. The summed E-state index contributed by atoms with van der Waals surface area (Å²) in [6.45, 7) is 1.77. The van der Waals surface area contributed by atoms with Gasteiger partial charge in [0.05, 0.1) is 6.07 Å². The molecule has 1 aliphatic carbocycles. The van der Waals surface area contributed by atoms with Crippen LogP contribution in [0.1, 0.15) is 48.0 Å². The molecule has 1 fully saturated rings. The van der Waals surface area contributed by atoms with E-state index in [1.165, 1.54) is 6.07 Å². The van der Waals surface area contributed by atoms with Crippen LogP contribution in [0.2, 0.25) is 0 Å². The van der Waals surface area contributed by atoms with E-state index in [1.807, 2.05) is 0 Å². The van der Waals surface area contributed by atoms with Gasteiger partial charge in [-0.25, -0.2) is 0 Å². The van der Waals surface area contributed by atoms with E-state index < -0.39 is 5.54 Å². The number of phenolic OH excluding ortho intramolecular Hbond substituents is 1. The fourth-order valence-corrected chi connectivity index (χ4v) is 2.46. The van der Waals surface area contributed by atoms with Crippen LogP contribution in [-0.2, 0) is 0 Å². The maximum absolute atomic E-state index is 12.2. The molecule has 1 aromatic rings. The monoisotopic (exact) mass is 258 g/mol. The Morgan fingerprint density at radius 1 is 1.37 bits per heavy atom. The van der Waals surface area contributed by atoms with Gasteiger partial charge in [-0.2, -0.15) is 5.26 Å². The van der Waals surface area contributed by atoms with E-state index in [2.05, 4.69) is 11.4 Å². The number of aromatic hydroxyl groups is 1. The molecule has 0 saturated heterocycles. The molecule has 1 saturated carbocycles. The van der Waals surface area contributed by atoms with E-state index in [1.54, 1.807) is 19.1 Å². The zero-order valence-corrected chi connectivity index (χ0v) is 11.1. The van der Waals surface area contributed by atoms with E-state index in [0.29, 0.717) is 18.4 Å². The van der Waals surface area contributed by atoms with E-state index in [-0.39, 0.29) is 11.7 Å². The Kier molecular flexibility index (Phi) is 3.75. The first-order chi connectivity index (χ1) is 9.06. The Labute approximate surface area is 113 Å². The van der Waals surface area contributed by atoms with E-state index in [4.69, 9.17) is 0 Å². The summed E-state index contributed by atoms with van der Waals surface area (Å²) in [5.41, 5.74) is 0.378. The molecule has 4 heteroatoms. The third-order valence-corrected chi connectivity index (χ3v) is 3.75. The topological polar surface area (TPSA) is 73.1 Å². The predicted molar refractivity (Wildman–Crippen MR) is 71.7 cm³/mol. The van der Waals surface area contributed by atoms with Gasteiger partial charge in [0, 0.05) is 5.56 Å². The van der Waals surface area contributed by atoms with E-state index in [9.17, 15) is 15.2 Å². The Balaban J connectivity index is 2.15. The molecule has 1 aliphatic rings. The Morgan fingerprint density at radius 2 is 2.05 bits per heavy atom. The van der Waals surface area contributed by atoms with Crippen LogP contribution < -0.4 is 5.32 Å². The highest BCUT2D eigenvalue weighted by Crippen LogP contribution is 2.28. The lowest BCUT2D eigenvalue weighted by molar-refractivity contribution is 0.0902. The molecule has 0 radical (unpaired) electrons. The molecule has 0 unspecified atom stereocenters. The first kappa shape index (κ1) is 13.4. The van der Waals surface area contributed by atoms with Crippen molar-refractivity contribution in [2.45, 2.75) is 44.6 Å². The maximum Gasteiger partial charge on any atom is 0.252 e. The summed E-state index contributed by atoms with van der Waals surface area (Å²) in [4.78, 5) is 12.2. The zero-order chi connectivity index (χ0) is 13.9. The molecule has 2 N–H and O–H groups in total. The molecule has 0 aromatic heterocycles. The normalized spacial score (nSPS) is 17.5. The molecular formula is C15H18N2O2. The fraction of sp³-hybridized carbons (Fsp3) is 0.467. The third kappa shape index (κ3) is 2.87. The van der Waals surface area contributed by atoms with Crippen molar-refractivity contribution in [1.82, 2.24) is 5.32 Å². The van der Waals surface area contributed by atoms with Gasteiger partial charge in [0.2, 0.25) is 0 Å². The van der Waals surface area contributed by atoms with Crippen molar-refractivity contribution in [2.75, 3.05) is 0 Å². The molecule has 0 atom stereocenters. The lowest BCUT2D eigenvalue weighted by Gasteiger charge is -2.31. The predicted octanol–water partition coefficient (Wildman–Crippen LogP) is 2.66. The summed E-state index contributed by atoms with van der Waals surface area (Å²) >= 11 is 0. The minimum atomic E-state index is -0.740. The number of phenols is 1. The van der Waals surface area contributed by atoms with Crippen LogP contribution in [0, 0.1) is 18.3 Å². The zero-order valence-electron chi connectivity index (χ0n) is 11.1. The third-order valence-electron chi connectivity index (χ3n) is 3.75. The van der Waals surface area contributed by atoms with Gasteiger partial charge in [0.1, 0.15) is 11.3 Å². The number of nitriles is 1. The smallest absolute Gasteiger partial charge is 0.252 e. The van der Waals surface area contributed by atoms with Gasteiger partial charge in [0.25, 0.3) is 5.91 Å². The van der Waals surface area contributed by atoms with Gasteiger partial charge >= 0.3 is 0 Å². The second kappa shape index (κ2) is 5.31. The highest BCUT2D eigenvalue weighted by atomic mass is 16.3. The summed E-state index contributed by atoms with van der Waals surface area (Å²) in [6.07, 6.45) is 4.45. The number of aryl methyl sites for hydroxylation is 1. The van der Waals surface area contributed by atoms with Crippen molar-refractivity contribution >= 4 is 5.91 Å². The molecule has 19 heavy (non-hydrogen) atoms. The van der Waals surface area contributed by atoms with Gasteiger partial charge in [-0.05, 0) is 37.5 Å². The van der Waals surface area contributed by atoms with Gasteiger partial charge in [-0.1, -0.05) is 25.3 Å². The summed E-state index contributed by atoms with van der Waals surface area (Å²) < 4.78 is 0. The Bertz CT molecular complexity index is 525. The second-order valence-corrected chi connectivity index (χ2v) is 5.21. The number of nitrogens with one attached hydrogen (secondary N) is 1. The SMILES string of the molecule is Cc1ccc(C(=O)NC2(C#N)CCCCC2)cc1O. The molecule has 0 bridgehead atoms. The van der Waals surface area contributed by atoms with Crippen LogP contribution in [0.4, 0.5) is 0 Å². The lowest BCUT2D eigenvalue weighted by Crippen LogP contribution is -2.48. The largest absolute Gasteiger partial charge is 0.508 e. The summed E-state index contributed by atoms with van der Waals surface area (Å²) in [6, 6.07) is 7.06. The average Bonchev–Trinajstić information content (AvgIpc) is 2.43. The lowest BCUT2D eigenvalue weighted by atomic mass is 9.82. The van der Waals surface area contributed by atoms with Gasteiger partial charge in [0.15, 0.2) is 0 Å². The van der Waals surface area contributed by atoms with Crippen molar-refractivity contribution in [1.29, 1.82) is 5.26 Å². The molecule has 1 amide bonds. The average molecular weight is 258 g/mol. The van der Waals surface area contributed by atoms with Crippen LogP contribution in [0.25, 0.3) is 0 Å². The van der Waals surface area contributed by atoms with Crippen LogP contribution in [0.5, 0.6) is 5.75 Å². The molecule has 2 rings (SSSR count). The number of rotatable bonds is 2. The van der Waals surface area contributed by atoms with E-state index in [0.717, 1.165) is 24.8 Å². The van der Waals surface area contributed by atoms with Crippen LogP contribution in [-0.4, -0.2) is 16.6 Å². The molecular weight excluding hydrogens is 240 g/mol. The molecule has 100 valence electrons. The van der Waals surface area contributed by atoms with Gasteiger partial charge < -0.3 is 10.4 Å². The standard InChI is InChI=1S/C15H18N2O2/c1-11-5-6-12(9-13(11)18)14(19)17-15(10-16)7-3-2-4-8-15/h5-6,9,18H,2-4,7-8H2,1H3,(H,17,19). The second-order valence-electron chi connectivity index (χ2n) is 5.21. The van der Waals surface area contributed by atoms with Crippen molar-refractivity contribution in [3.05, 3.63) is 29.3 Å². The minimum absolute atomic E-state index is 0.0994. The highest BCUT2D eigenvalue weighted by molar-refractivity contribution is 5.95. The number of hydrogen-bond donors (Lipinski definition) is 2. The van der Waals surface area contributed by atoms with Crippen molar-refractivity contribution < 1.29 is 9.90 Å². The minimum Gasteiger partial charge on any atom is -0.508 e. The van der Waals surface area contributed by atoms with Crippen molar-refractivity contribution in [3.63, 3.8) is 0 Å². The number of carbonyl (C=O) groups is 1. The Morgan fingerprint density at radius 3 is 2.63 bits per heavy atom. The van der Waals surface area contributed by atoms with Crippen molar-refractivity contribution in [2.24, 2.45) is 0 Å². The number of carbonyl (C=O) groups excluding carboxylic acids is 1. The Hall–Kier alpha value is -2.02. The van der Waals surface area contributed by atoms with Crippen molar-refractivity contribution in [3.8, 4) is 11.8 Å². The number of hydrogen-bond acceptors (Lipinski definition) is 3. The summed E-state index contributed by atoms with van der Waals surface area (Å²) in [5.74, 6) is -0.193. The quantitative estimate of drug-likeness (QED) is 0.856. The number of benzene rings is 1. The van der Waals surface area contributed by atoms with Crippen LogP contribution in [0.15, 0.2) is 18.2 Å². The molecule has 0 heterocycles. The first-order valence-corrected chi connectivity index (χ1v) is 6.60. The van der Waals surface area contributed by atoms with E-state index >= 15 is 0 Å². The summed E-state index contributed by atoms with van der Waals surface area (Å²) in [7, 11) is 0. The molecule has 1 aromatic carbocycles. The first-order valence-electron chi connectivity index (χ1n) is 6.60. The van der Waals surface area contributed by atoms with Crippen LogP contribution >= 0.6 is 0 Å². The number of nitrogens with zero attached hydrogens (tertiary/aromatic N) is 1. The fourth-order valence-electron chi connectivity index (χ4n) is 2.46. The summed E-state index contributed by atoms with van der Waals surface area (Å²) in [5, 5.41) is 21.8.